The molecular formula is C19H24FNO3. The number of esters is 1. The molecule has 0 aromatic heterocycles. The summed E-state index contributed by atoms with van der Waals surface area (Å²) in [5.41, 5.74) is 0.683. The number of halogens is 1. The molecule has 4 nitrogen and oxygen atoms in total. The standard InChI is InChI=1S/C19H24FNO3/c1-13-4-3-5-17(14(13)2)21-18(22)12-24-19(23)11-8-15-6-9-16(20)10-7-15/h6-11,13-14,17H,3-5,12H2,1-2H3,(H,21,22)/b11-8+/t13-,14-,17-/m1/s1. The fourth-order valence-electron chi connectivity index (χ4n) is 2.96. The minimum Gasteiger partial charge on any atom is -0.452 e. The summed E-state index contributed by atoms with van der Waals surface area (Å²) in [6.45, 7) is 4.06. The molecule has 1 aromatic rings. The smallest absolute Gasteiger partial charge is 0.331 e. The molecule has 0 heterocycles. The molecule has 24 heavy (non-hydrogen) atoms. The van der Waals surface area contributed by atoms with Gasteiger partial charge in [0.15, 0.2) is 6.61 Å². The zero-order chi connectivity index (χ0) is 17.5. The Bertz CT molecular complexity index is 597. The Hall–Kier alpha value is -2.17. The lowest BCUT2D eigenvalue weighted by molar-refractivity contribution is -0.144. The summed E-state index contributed by atoms with van der Waals surface area (Å²) >= 11 is 0. The highest BCUT2D eigenvalue weighted by Crippen LogP contribution is 2.29. The van der Waals surface area contributed by atoms with Gasteiger partial charge < -0.3 is 10.1 Å². The molecule has 1 aliphatic rings. The molecule has 1 fully saturated rings. The molecule has 0 bridgehead atoms. The number of carbonyl (C=O) groups excluding carboxylic acids is 2. The maximum atomic E-state index is 12.8. The molecule has 0 aliphatic heterocycles. The molecule has 0 saturated heterocycles. The van der Waals surface area contributed by atoms with Crippen molar-refractivity contribution in [1.82, 2.24) is 5.32 Å². The van der Waals surface area contributed by atoms with Crippen LogP contribution in [0.3, 0.4) is 0 Å². The zero-order valence-corrected chi connectivity index (χ0v) is 14.1. The highest BCUT2D eigenvalue weighted by Gasteiger charge is 2.28. The maximum absolute atomic E-state index is 12.8. The van der Waals surface area contributed by atoms with Gasteiger partial charge in [-0.25, -0.2) is 9.18 Å². The minimum absolute atomic E-state index is 0.148. The van der Waals surface area contributed by atoms with Crippen molar-refractivity contribution in [3.05, 3.63) is 41.7 Å². The quantitative estimate of drug-likeness (QED) is 0.664. The monoisotopic (exact) mass is 333 g/mol. The molecule has 1 saturated carbocycles. The van der Waals surface area contributed by atoms with Gasteiger partial charge in [0.25, 0.3) is 5.91 Å². The Kier molecular flexibility index (Phi) is 6.53. The maximum Gasteiger partial charge on any atom is 0.331 e. The van der Waals surface area contributed by atoms with E-state index < -0.39 is 5.97 Å². The number of amides is 1. The first kappa shape index (κ1) is 18.2. The molecule has 1 aliphatic carbocycles. The highest BCUT2D eigenvalue weighted by atomic mass is 19.1. The van der Waals surface area contributed by atoms with Crippen molar-refractivity contribution in [2.24, 2.45) is 11.8 Å². The summed E-state index contributed by atoms with van der Waals surface area (Å²) < 4.78 is 17.7. The molecular weight excluding hydrogens is 309 g/mol. The van der Waals surface area contributed by atoms with Gasteiger partial charge >= 0.3 is 5.97 Å². The van der Waals surface area contributed by atoms with Crippen molar-refractivity contribution >= 4 is 18.0 Å². The van der Waals surface area contributed by atoms with Crippen LogP contribution in [0.2, 0.25) is 0 Å². The van der Waals surface area contributed by atoms with Crippen LogP contribution in [0.5, 0.6) is 0 Å². The van der Waals surface area contributed by atoms with Crippen LogP contribution in [0.15, 0.2) is 30.3 Å². The predicted octanol–water partition coefficient (Wildman–Crippen LogP) is 3.32. The second-order valence-corrected chi connectivity index (χ2v) is 6.43. The van der Waals surface area contributed by atoms with Gasteiger partial charge in [0, 0.05) is 12.1 Å². The summed E-state index contributed by atoms with van der Waals surface area (Å²) in [6.07, 6.45) is 6.01. The van der Waals surface area contributed by atoms with Gasteiger partial charge in [0.2, 0.25) is 0 Å². The van der Waals surface area contributed by atoms with E-state index in [2.05, 4.69) is 19.2 Å². The number of ether oxygens (including phenoxy) is 1. The Balaban J connectivity index is 1.74. The number of rotatable bonds is 5. The molecule has 5 heteroatoms. The molecule has 130 valence electrons. The predicted molar refractivity (Wildman–Crippen MR) is 90.5 cm³/mol. The van der Waals surface area contributed by atoms with Crippen LogP contribution in [-0.2, 0) is 14.3 Å². The Morgan fingerprint density at radius 3 is 2.67 bits per heavy atom. The van der Waals surface area contributed by atoms with Crippen LogP contribution >= 0.6 is 0 Å². The van der Waals surface area contributed by atoms with E-state index in [1.54, 1.807) is 12.1 Å². The molecule has 1 amide bonds. The van der Waals surface area contributed by atoms with Crippen LogP contribution in [-0.4, -0.2) is 24.5 Å². The average Bonchev–Trinajstić information content (AvgIpc) is 2.56. The Morgan fingerprint density at radius 2 is 1.96 bits per heavy atom. The van der Waals surface area contributed by atoms with Crippen molar-refractivity contribution < 1.29 is 18.7 Å². The first-order chi connectivity index (χ1) is 11.5. The molecule has 0 unspecified atom stereocenters. The molecule has 0 radical (unpaired) electrons. The van der Waals surface area contributed by atoms with E-state index >= 15 is 0 Å². The summed E-state index contributed by atoms with van der Waals surface area (Å²) in [7, 11) is 0. The summed E-state index contributed by atoms with van der Waals surface area (Å²) in [6, 6.07) is 5.87. The number of nitrogens with one attached hydrogen (secondary N) is 1. The molecule has 1 aromatic carbocycles. The van der Waals surface area contributed by atoms with Crippen LogP contribution in [0.4, 0.5) is 4.39 Å². The van der Waals surface area contributed by atoms with Crippen LogP contribution in [0, 0.1) is 17.7 Å². The lowest BCUT2D eigenvalue weighted by Crippen LogP contribution is -2.45. The third kappa shape index (κ3) is 5.48. The fraction of sp³-hybridized carbons (Fsp3) is 0.474. The molecule has 3 atom stereocenters. The number of hydrogen-bond acceptors (Lipinski definition) is 3. The summed E-state index contributed by atoms with van der Waals surface area (Å²) in [5.74, 6) is -0.191. The lowest BCUT2D eigenvalue weighted by atomic mass is 9.78. The van der Waals surface area contributed by atoms with Gasteiger partial charge in [-0.3, -0.25) is 4.79 Å². The van der Waals surface area contributed by atoms with E-state index in [4.69, 9.17) is 4.74 Å². The molecule has 0 spiro atoms. The second kappa shape index (κ2) is 8.62. The van der Waals surface area contributed by atoms with E-state index in [1.807, 2.05) is 0 Å². The van der Waals surface area contributed by atoms with E-state index in [0.29, 0.717) is 17.4 Å². The van der Waals surface area contributed by atoms with Crippen molar-refractivity contribution in [3.63, 3.8) is 0 Å². The lowest BCUT2D eigenvalue weighted by Gasteiger charge is -2.34. The summed E-state index contributed by atoms with van der Waals surface area (Å²) in [5, 5.41) is 2.95. The third-order valence-electron chi connectivity index (χ3n) is 4.68. The van der Waals surface area contributed by atoms with E-state index in [-0.39, 0.29) is 24.4 Å². The van der Waals surface area contributed by atoms with Crippen LogP contribution in [0.25, 0.3) is 6.08 Å². The van der Waals surface area contributed by atoms with Crippen molar-refractivity contribution in [2.75, 3.05) is 6.61 Å². The van der Waals surface area contributed by atoms with Crippen molar-refractivity contribution in [3.8, 4) is 0 Å². The fourth-order valence-corrected chi connectivity index (χ4v) is 2.96. The van der Waals surface area contributed by atoms with Gasteiger partial charge in [-0.1, -0.05) is 38.8 Å². The normalized spacial score (nSPS) is 23.9. The van der Waals surface area contributed by atoms with Crippen molar-refractivity contribution in [1.29, 1.82) is 0 Å². The number of benzene rings is 1. The van der Waals surface area contributed by atoms with Gasteiger partial charge in [0.05, 0.1) is 0 Å². The molecule has 1 N–H and O–H groups in total. The van der Waals surface area contributed by atoms with Crippen LogP contribution < -0.4 is 5.32 Å². The summed E-state index contributed by atoms with van der Waals surface area (Å²) in [4.78, 5) is 23.6. The largest absolute Gasteiger partial charge is 0.452 e. The number of carbonyl (C=O) groups is 2. The van der Waals surface area contributed by atoms with Gasteiger partial charge in [-0.2, -0.15) is 0 Å². The topological polar surface area (TPSA) is 55.4 Å². The first-order valence-corrected chi connectivity index (χ1v) is 8.35. The SMILES string of the molecule is C[C@@H]1[C@H](C)CCC[C@H]1NC(=O)COC(=O)/C=C/c1ccc(F)cc1. The van der Waals surface area contributed by atoms with Crippen molar-refractivity contribution in [2.45, 2.75) is 39.2 Å². The Morgan fingerprint density at radius 1 is 1.25 bits per heavy atom. The van der Waals surface area contributed by atoms with Gasteiger partial charge in [-0.05, 0) is 42.0 Å². The second-order valence-electron chi connectivity index (χ2n) is 6.43. The van der Waals surface area contributed by atoms with Crippen LogP contribution in [0.1, 0.15) is 38.7 Å². The van der Waals surface area contributed by atoms with E-state index in [0.717, 1.165) is 12.8 Å². The highest BCUT2D eigenvalue weighted by molar-refractivity contribution is 5.89. The zero-order valence-electron chi connectivity index (χ0n) is 14.1. The number of hydrogen-bond donors (Lipinski definition) is 1. The average molecular weight is 333 g/mol. The van der Waals surface area contributed by atoms with E-state index in [1.165, 1.54) is 30.7 Å². The van der Waals surface area contributed by atoms with Gasteiger partial charge in [0.1, 0.15) is 5.82 Å². The minimum atomic E-state index is -0.598. The molecule has 2 rings (SSSR count). The first-order valence-electron chi connectivity index (χ1n) is 8.35. The third-order valence-corrected chi connectivity index (χ3v) is 4.68. The van der Waals surface area contributed by atoms with Gasteiger partial charge in [-0.15, -0.1) is 0 Å². The Labute approximate surface area is 142 Å². The van der Waals surface area contributed by atoms with E-state index in [9.17, 15) is 14.0 Å².